The van der Waals surface area contributed by atoms with E-state index in [1.165, 1.54) is 36.0 Å². The molecule has 0 aromatic heterocycles. The zero-order chi connectivity index (χ0) is 19.2. The molecule has 2 rings (SSSR count). The van der Waals surface area contributed by atoms with E-state index in [-0.39, 0.29) is 14.8 Å². The van der Waals surface area contributed by atoms with Gasteiger partial charge >= 0.3 is 0 Å². The van der Waals surface area contributed by atoms with Gasteiger partial charge in [-0.3, -0.25) is 0 Å². The molecular formula is C18H16Cl2N2O2S2. The van der Waals surface area contributed by atoms with E-state index in [9.17, 15) is 13.7 Å². The molecule has 0 heterocycles. The third-order valence-corrected chi connectivity index (χ3v) is 6.92. The highest BCUT2D eigenvalue weighted by Crippen LogP contribution is 2.32. The average Bonchev–Trinajstić information content (AvgIpc) is 2.62. The van der Waals surface area contributed by atoms with Gasteiger partial charge in [0, 0.05) is 5.02 Å². The Balaban J connectivity index is 2.55. The molecule has 0 atom stereocenters. The summed E-state index contributed by atoms with van der Waals surface area (Å²) in [6, 6.07) is 14.5. The number of benzene rings is 2. The summed E-state index contributed by atoms with van der Waals surface area (Å²) in [6.45, 7) is 1.97. The Labute approximate surface area is 167 Å². The zero-order valence-electron chi connectivity index (χ0n) is 13.9. The molecule has 0 spiro atoms. The van der Waals surface area contributed by atoms with E-state index in [0.717, 1.165) is 6.42 Å². The summed E-state index contributed by atoms with van der Waals surface area (Å²) in [5, 5.41) is 13.7. The predicted octanol–water partition coefficient (Wildman–Crippen LogP) is 5.72. The minimum atomic E-state index is -4.00. The molecule has 136 valence electrons. The number of nitriles is 1. The van der Waals surface area contributed by atoms with Crippen molar-refractivity contribution in [2.75, 3.05) is 11.1 Å². The third kappa shape index (κ3) is 4.95. The number of rotatable bonds is 7. The summed E-state index contributed by atoms with van der Waals surface area (Å²) in [6.07, 6.45) is 0.818. The van der Waals surface area contributed by atoms with Gasteiger partial charge in [0.25, 0.3) is 0 Å². The maximum Gasteiger partial charge on any atom is 0.219 e. The molecule has 2 aromatic carbocycles. The Morgan fingerprint density at radius 2 is 1.81 bits per heavy atom. The molecule has 0 saturated heterocycles. The molecule has 0 saturated carbocycles. The first-order chi connectivity index (χ1) is 12.4. The summed E-state index contributed by atoms with van der Waals surface area (Å²) in [7, 11) is -4.00. The number of sulfone groups is 1. The molecule has 0 aliphatic heterocycles. The monoisotopic (exact) mass is 426 g/mol. The maximum absolute atomic E-state index is 12.9. The standard InChI is InChI=1S/C18H16Cl2N2O2S2/c1-2-11-25-18(22-16-6-4-3-5-15(16)20)17(12-21)26(23,24)14-9-7-13(19)8-10-14/h3-10,22H,2,11H2,1H3/b18-17-. The first-order valence-electron chi connectivity index (χ1n) is 7.69. The first-order valence-corrected chi connectivity index (χ1v) is 10.9. The SMILES string of the molecule is CCCS/C(Nc1ccccc1Cl)=C(/C#N)S(=O)(=O)c1ccc(Cl)cc1. The smallest absolute Gasteiger partial charge is 0.219 e. The van der Waals surface area contributed by atoms with Gasteiger partial charge in [-0.05, 0) is 48.6 Å². The largest absolute Gasteiger partial charge is 0.347 e. The lowest BCUT2D eigenvalue weighted by molar-refractivity contribution is 0.603. The fraction of sp³-hybridized carbons (Fsp3) is 0.167. The van der Waals surface area contributed by atoms with Gasteiger partial charge in [0.15, 0.2) is 4.91 Å². The highest BCUT2D eigenvalue weighted by atomic mass is 35.5. The Morgan fingerprint density at radius 3 is 2.38 bits per heavy atom. The van der Waals surface area contributed by atoms with Gasteiger partial charge in [-0.25, -0.2) is 8.42 Å². The minimum absolute atomic E-state index is 0.00834. The number of hydrogen-bond donors (Lipinski definition) is 1. The minimum Gasteiger partial charge on any atom is -0.347 e. The molecule has 2 aromatic rings. The molecule has 0 fully saturated rings. The lowest BCUT2D eigenvalue weighted by atomic mass is 10.3. The summed E-state index contributed by atoms with van der Waals surface area (Å²) < 4.78 is 25.9. The normalized spacial score (nSPS) is 12.2. The lowest BCUT2D eigenvalue weighted by Crippen LogP contribution is -2.10. The number of thioether (sulfide) groups is 1. The molecule has 0 aliphatic carbocycles. The van der Waals surface area contributed by atoms with Crippen LogP contribution in [0.1, 0.15) is 13.3 Å². The Kier molecular flexibility index (Phi) is 7.42. The van der Waals surface area contributed by atoms with Crippen LogP contribution in [0.25, 0.3) is 0 Å². The van der Waals surface area contributed by atoms with Crippen molar-refractivity contribution in [1.29, 1.82) is 5.26 Å². The highest BCUT2D eigenvalue weighted by Gasteiger charge is 2.25. The number of halogens is 2. The van der Waals surface area contributed by atoms with Crippen LogP contribution < -0.4 is 5.32 Å². The van der Waals surface area contributed by atoms with Crippen molar-refractivity contribution in [3.05, 3.63) is 68.5 Å². The summed E-state index contributed by atoms with van der Waals surface area (Å²) in [5.74, 6) is 0.647. The van der Waals surface area contributed by atoms with E-state index >= 15 is 0 Å². The molecule has 26 heavy (non-hydrogen) atoms. The average molecular weight is 427 g/mol. The second kappa shape index (κ2) is 9.33. The van der Waals surface area contributed by atoms with Crippen molar-refractivity contribution in [2.45, 2.75) is 18.2 Å². The van der Waals surface area contributed by atoms with Crippen LogP contribution >= 0.6 is 35.0 Å². The second-order valence-electron chi connectivity index (χ2n) is 5.18. The van der Waals surface area contributed by atoms with Crippen LogP contribution in [0.5, 0.6) is 0 Å². The van der Waals surface area contributed by atoms with Crippen molar-refractivity contribution in [3.63, 3.8) is 0 Å². The maximum atomic E-state index is 12.9. The van der Waals surface area contributed by atoms with E-state index in [1.807, 2.05) is 13.0 Å². The van der Waals surface area contributed by atoms with E-state index in [2.05, 4.69) is 5.32 Å². The topological polar surface area (TPSA) is 70.0 Å². The summed E-state index contributed by atoms with van der Waals surface area (Å²) in [5.41, 5.74) is 0.534. The van der Waals surface area contributed by atoms with E-state index in [4.69, 9.17) is 23.2 Å². The van der Waals surface area contributed by atoms with E-state index in [1.54, 1.807) is 24.3 Å². The van der Waals surface area contributed by atoms with Crippen molar-refractivity contribution in [2.24, 2.45) is 0 Å². The fourth-order valence-electron chi connectivity index (χ4n) is 2.01. The van der Waals surface area contributed by atoms with Gasteiger partial charge in [0.05, 0.1) is 15.6 Å². The number of anilines is 1. The van der Waals surface area contributed by atoms with Gasteiger partial charge < -0.3 is 5.32 Å². The molecule has 8 heteroatoms. The van der Waals surface area contributed by atoms with Crippen LogP contribution in [-0.2, 0) is 9.84 Å². The Morgan fingerprint density at radius 1 is 1.15 bits per heavy atom. The van der Waals surface area contributed by atoms with Crippen LogP contribution in [0.2, 0.25) is 10.0 Å². The van der Waals surface area contributed by atoms with Crippen LogP contribution in [0.15, 0.2) is 63.4 Å². The van der Waals surface area contributed by atoms with Gasteiger partial charge in [-0.1, -0.05) is 42.3 Å². The fourth-order valence-corrected chi connectivity index (χ4v) is 4.74. The lowest BCUT2D eigenvalue weighted by Gasteiger charge is -2.14. The van der Waals surface area contributed by atoms with Crippen molar-refractivity contribution in [1.82, 2.24) is 0 Å². The first kappa shape index (κ1) is 20.7. The van der Waals surface area contributed by atoms with Gasteiger partial charge in [-0.15, -0.1) is 11.8 Å². The van der Waals surface area contributed by atoms with Crippen LogP contribution in [0.4, 0.5) is 5.69 Å². The van der Waals surface area contributed by atoms with Crippen LogP contribution in [-0.4, -0.2) is 14.2 Å². The van der Waals surface area contributed by atoms with Gasteiger partial charge in [0.2, 0.25) is 9.84 Å². The number of nitrogens with zero attached hydrogens (tertiary/aromatic N) is 1. The molecule has 0 radical (unpaired) electrons. The predicted molar refractivity (Wildman–Crippen MR) is 109 cm³/mol. The molecule has 4 nitrogen and oxygen atoms in total. The zero-order valence-corrected chi connectivity index (χ0v) is 17.0. The van der Waals surface area contributed by atoms with Gasteiger partial charge in [0.1, 0.15) is 11.1 Å². The second-order valence-corrected chi connectivity index (χ2v) is 9.02. The molecular weight excluding hydrogens is 411 g/mol. The number of allylic oxidation sites excluding steroid dienone is 1. The quantitative estimate of drug-likeness (QED) is 0.573. The number of hydrogen-bond acceptors (Lipinski definition) is 5. The van der Waals surface area contributed by atoms with Gasteiger partial charge in [-0.2, -0.15) is 5.26 Å². The summed E-state index contributed by atoms with van der Waals surface area (Å²) in [4.78, 5) is -0.341. The van der Waals surface area contributed by atoms with E-state index < -0.39 is 9.84 Å². The number of para-hydroxylation sites is 1. The molecule has 0 aliphatic rings. The number of nitrogens with one attached hydrogen (secondary N) is 1. The summed E-state index contributed by atoms with van der Waals surface area (Å²) >= 11 is 13.3. The van der Waals surface area contributed by atoms with Crippen LogP contribution in [0.3, 0.4) is 0 Å². The van der Waals surface area contributed by atoms with E-state index in [0.29, 0.717) is 21.5 Å². The molecule has 0 bridgehead atoms. The highest BCUT2D eigenvalue weighted by molar-refractivity contribution is 8.04. The van der Waals surface area contributed by atoms with Crippen molar-refractivity contribution < 1.29 is 8.42 Å². The van der Waals surface area contributed by atoms with Crippen molar-refractivity contribution >= 4 is 50.5 Å². The molecule has 0 amide bonds. The third-order valence-electron chi connectivity index (χ3n) is 3.27. The van der Waals surface area contributed by atoms with Crippen molar-refractivity contribution in [3.8, 4) is 6.07 Å². The molecule has 0 unspecified atom stereocenters. The Hall–Kier alpha value is -1.65. The Bertz CT molecular complexity index is 950. The van der Waals surface area contributed by atoms with Crippen LogP contribution in [0, 0.1) is 11.3 Å². The molecule has 1 N–H and O–H groups in total.